The average Bonchev–Trinajstić information content (AvgIpc) is 2.21. The largest absolute Gasteiger partial charge is 0.491 e. The molecule has 19 heavy (non-hydrogen) atoms. The van der Waals surface area contributed by atoms with Crippen LogP contribution in [0, 0.1) is 13.8 Å². The normalized spacial score (nSPS) is 11.9. The van der Waals surface area contributed by atoms with Gasteiger partial charge in [-0.15, -0.1) is 0 Å². The van der Waals surface area contributed by atoms with Gasteiger partial charge in [0.15, 0.2) is 0 Å². The Hall–Kier alpha value is -1.11. The van der Waals surface area contributed by atoms with Crippen LogP contribution in [0.5, 0.6) is 5.75 Å². The number of sulfonamides is 1. The van der Waals surface area contributed by atoms with Crippen LogP contribution in [0.3, 0.4) is 0 Å². The minimum absolute atomic E-state index is 0.164. The predicted octanol–water partition coefficient (Wildman–Crippen LogP) is 1.75. The van der Waals surface area contributed by atoms with Crippen molar-refractivity contribution in [2.24, 2.45) is 5.14 Å². The van der Waals surface area contributed by atoms with Gasteiger partial charge < -0.3 is 9.47 Å². The minimum atomic E-state index is -3.70. The van der Waals surface area contributed by atoms with Crippen LogP contribution in [0.25, 0.3) is 0 Å². The molecule has 0 saturated carbocycles. The molecule has 0 fully saturated rings. The Morgan fingerprint density at radius 1 is 1.16 bits per heavy atom. The maximum Gasteiger partial charge on any atom is 0.238 e. The Kier molecular flexibility index (Phi) is 5.34. The van der Waals surface area contributed by atoms with E-state index in [0.29, 0.717) is 30.1 Å². The van der Waals surface area contributed by atoms with Gasteiger partial charge in [-0.3, -0.25) is 0 Å². The number of nitrogens with two attached hydrogens (primary N) is 1. The van der Waals surface area contributed by atoms with E-state index in [9.17, 15) is 8.42 Å². The summed E-state index contributed by atoms with van der Waals surface area (Å²) in [6.07, 6.45) is 0.164. The number of aryl methyl sites for hydroxylation is 2. The first-order chi connectivity index (χ1) is 8.71. The lowest BCUT2D eigenvalue weighted by Crippen LogP contribution is -2.16. The fourth-order valence-corrected chi connectivity index (χ4v) is 2.90. The molecule has 0 atom stereocenters. The fourth-order valence-electron chi connectivity index (χ4n) is 1.89. The lowest BCUT2D eigenvalue weighted by atomic mass is 10.1. The van der Waals surface area contributed by atoms with Gasteiger partial charge in [0, 0.05) is 0 Å². The molecule has 0 saturated heterocycles. The topological polar surface area (TPSA) is 78.6 Å². The van der Waals surface area contributed by atoms with Crippen LogP contribution in [0.15, 0.2) is 17.0 Å². The van der Waals surface area contributed by atoms with E-state index in [2.05, 4.69) is 0 Å². The lowest BCUT2D eigenvalue weighted by molar-refractivity contribution is 0.0552. The van der Waals surface area contributed by atoms with Gasteiger partial charge >= 0.3 is 0 Å². The van der Waals surface area contributed by atoms with Gasteiger partial charge in [0.25, 0.3) is 0 Å². The van der Waals surface area contributed by atoms with E-state index in [1.54, 1.807) is 26.0 Å². The third-order valence-corrected chi connectivity index (χ3v) is 3.73. The van der Waals surface area contributed by atoms with E-state index in [4.69, 9.17) is 14.6 Å². The Labute approximate surface area is 114 Å². The van der Waals surface area contributed by atoms with E-state index < -0.39 is 10.0 Å². The summed E-state index contributed by atoms with van der Waals surface area (Å²) in [7, 11) is -3.70. The molecule has 0 unspecified atom stereocenters. The highest BCUT2D eigenvalue weighted by atomic mass is 32.2. The SMILES string of the molecule is Cc1cc(OCCOC(C)C)cc(C)c1S(N)(=O)=O. The molecule has 0 heterocycles. The Morgan fingerprint density at radius 2 is 1.68 bits per heavy atom. The lowest BCUT2D eigenvalue weighted by Gasteiger charge is -2.13. The molecule has 0 aromatic heterocycles. The number of hydrogen-bond donors (Lipinski definition) is 1. The zero-order valence-electron chi connectivity index (χ0n) is 11.8. The van der Waals surface area contributed by atoms with Crippen molar-refractivity contribution in [3.63, 3.8) is 0 Å². The quantitative estimate of drug-likeness (QED) is 0.809. The second-order valence-corrected chi connectivity index (χ2v) is 6.20. The summed E-state index contributed by atoms with van der Waals surface area (Å²) < 4.78 is 33.8. The molecule has 5 nitrogen and oxygen atoms in total. The Morgan fingerprint density at radius 3 is 2.11 bits per heavy atom. The summed E-state index contributed by atoms with van der Waals surface area (Å²) in [5, 5.41) is 5.17. The van der Waals surface area contributed by atoms with Crippen LogP contribution < -0.4 is 9.88 Å². The number of ether oxygens (including phenoxy) is 2. The molecule has 0 radical (unpaired) electrons. The molecule has 1 aromatic carbocycles. The van der Waals surface area contributed by atoms with Crippen molar-refractivity contribution in [2.45, 2.75) is 38.7 Å². The van der Waals surface area contributed by atoms with E-state index >= 15 is 0 Å². The molecule has 6 heteroatoms. The summed E-state index contributed by atoms with van der Waals surface area (Å²) in [6.45, 7) is 8.22. The highest BCUT2D eigenvalue weighted by molar-refractivity contribution is 7.89. The van der Waals surface area contributed by atoms with Crippen LogP contribution in [0.4, 0.5) is 0 Å². The first-order valence-corrected chi connectivity index (χ1v) is 7.65. The van der Waals surface area contributed by atoms with Crippen molar-refractivity contribution in [3.05, 3.63) is 23.3 Å². The maximum absolute atomic E-state index is 11.4. The van der Waals surface area contributed by atoms with E-state index in [1.165, 1.54) is 0 Å². The number of hydrogen-bond acceptors (Lipinski definition) is 4. The maximum atomic E-state index is 11.4. The average molecular weight is 287 g/mol. The summed E-state index contributed by atoms with van der Waals surface area (Å²) in [5.74, 6) is 0.620. The molecular weight excluding hydrogens is 266 g/mol. The molecule has 0 aliphatic rings. The highest BCUT2D eigenvalue weighted by Gasteiger charge is 2.16. The molecule has 1 aromatic rings. The Bertz CT molecular complexity index is 515. The first kappa shape index (κ1) is 15.9. The van der Waals surface area contributed by atoms with Crippen molar-refractivity contribution in [1.82, 2.24) is 0 Å². The van der Waals surface area contributed by atoms with Crippen molar-refractivity contribution < 1.29 is 17.9 Å². The van der Waals surface area contributed by atoms with Gasteiger partial charge in [-0.2, -0.15) is 0 Å². The summed E-state index contributed by atoms with van der Waals surface area (Å²) >= 11 is 0. The zero-order chi connectivity index (χ0) is 14.6. The molecular formula is C13H21NO4S. The van der Waals surface area contributed by atoms with E-state index in [1.807, 2.05) is 13.8 Å². The van der Waals surface area contributed by atoms with Crippen LogP contribution in [-0.4, -0.2) is 27.7 Å². The van der Waals surface area contributed by atoms with Crippen molar-refractivity contribution in [3.8, 4) is 5.75 Å². The van der Waals surface area contributed by atoms with Crippen LogP contribution >= 0.6 is 0 Å². The van der Waals surface area contributed by atoms with Gasteiger partial charge in [0.05, 0.1) is 17.6 Å². The summed E-state index contributed by atoms with van der Waals surface area (Å²) in [5.41, 5.74) is 1.17. The molecule has 2 N–H and O–H groups in total. The molecule has 1 rings (SSSR count). The number of rotatable bonds is 6. The van der Waals surface area contributed by atoms with Crippen LogP contribution in [0.1, 0.15) is 25.0 Å². The van der Waals surface area contributed by atoms with E-state index in [0.717, 1.165) is 0 Å². The zero-order valence-corrected chi connectivity index (χ0v) is 12.6. The third kappa shape index (κ3) is 4.81. The van der Waals surface area contributed by atoms with Gasteiger partial charge in [0.2, 0.25) is 10.0 Å². The minimum Gasteiger partial charge on any atom is -0.491 e. The Balaban J connectivity index is 2.79. The first-order valence-electron chi connectivity index (χ1n) is 6.10. The predicted molar refractivity (Wildman–Crippen MR) is 73.9 cm³/mol. The standard InChI is InChI=1S/C13H21NO4S/c1-9(2)17-5-6-18-12-7-10(3)13(11(4)8-12)19(14,15)16/h7-9H,5-6H2,1-4H3,(H2,14,15,16). The van der Waals surface area contributed by atoms with Crippen LogP contribution in [0.2, 0.25) is 0 Å². The van der Waals surface area contributed by atoms with Crippen molar-refractivity contribution >= 4 is 10.0 Å². The molecule has 108 valence electrons. The summed E-state index contributed by atoms with van der Waals surface area (Å²) in [4.78, 5) is 0.165. The van der Waals surface area contributed by atoms with E-state index in [-0.39, 0.29) is 11.0 Å². The highest BCUT2D eigenvalue weighted by Crippen LogP contribution is 2.24. The molecule has 0 spiro atoms. The monoisotopic (exact) mass is 287 g/mol. The molecule has 0 bridgehead atoms. The molecule has 0 aliphatic carbocycles. The fraction of sp³-hybridized carbons (Fsp3) is 0.538. The smallest absolute Gasteiger partial charge is 0.238 e. The molecule has 0 aliphatic heterocycles. The van der Waals surface area contributed by atoms with Crippen molar-refractivity contribution in [2.75, 3.05) is 13.2 Å². The van der Waals surface area contributed by atoms with Gasteiger partial charge in [-0.25, -0.2) is 13.6 Å². The third-order valence-electron chi connectivity index (χ3n) is 2.52. The summed E-state index contributed by atoms with van der Waals surface area (Å²) in [6, 6.07) is 3.34. The second-order valence-electron chi connectivity index (χ2n) is 4.70. The van der Waals surface area contributed by atoms with Crippen LogP contribution in [-0.2, 0) is 14.8 Å². The van der Waals surface area contributed by atoms with Gasteiger partial charge in [-0.1, -0.05) is 0 Å². The van der Waals surface area contributed by atoms with Crippen molar-refractivity contribution in [1.29, 1.82) is 0 Å². The number of primary sulfonamides is 1. The van der Waals surface area contributed by atoms with Gasteiger partial charge in [-0.05, 0) is 51.0 Å². The van der Waals surface area contributed by atoms with Gasteiger partial charge in [0.1, 0.15) is 12.4 Å². The number of benzene rings is 1. The second kappa shape index (κ2) is 6.36. The molecule has 0 amide bonds.